The van der Waals surface area contributed by atoms with E-state index in [2.05, 4.69) is 0 Å². The summed E-state index contributed by atoms with van der Waals surface area (Å²) in [5.74, 6) is -157. The minimum atomic E-state index is -9.37. The summed E-state index contributed by atoms with van der Waals surface area (Å²) in [4.78, 5) is 0. The van der Waals surface area contributed by atoms with Crippen molar-refractivity contribution in [3.63, 3.8) is 0 Å². The van der Waals surface area contributed by atoms with Crippen molar-refractivity contribution in [2.24, 2.45) is 0 Å². The first-order valence-electron chi connectivity index (χ1n) is 18.6. The number of hydrogen-bond donors (Lipinski definition) is 0. The average molecular weight is 1210 g/mol. The van der Waals surface area contributed by atoms with E-state index in [1.165, 1.54) is 0 Å². The predicted molar refractivity (Wildman–Crippen MR) is 157 cm³/mol. The van der Waals surface area contributed by atoms with Gasteiger partial charge in [0.15, 0.2) is 0 Å². The Bertz CT molecular complexity index is 1710. The van der Waals surface area contributed by atoms with E-state index in [1.807, 2.05) is 0 Å². The van der Waals surface area contributed by atoms with E-state index in [-0.39, 0.29) is 12.8 Å². The van der Waals surface area contributed by atoms with Crippen LogP contribution in [0.25, 0.3) is 0 Å². The molecule has 0 radical (unpaired) electrons. The monoisotopic (exact) mass is 1210 g/mol. The molecular formula is C32H24F42. The van der Waals surface area contributed by atoms with Crippen LogP contribution in [-0.2, 0) is 0 Å². The molecule has 0 amide bonds. The standard InChI is InChI=1S/C32H24F42/c33-13(34,15(37,38)17(41,42)19(45,46)21(49,50)23(53,54)25(57,58)27(61,62)29(65,66)31(69,70)71)11-9-7-5-3-1-2-4-6-8-10-12-14(35,36)16(39,40)18(43,44)20(47,48)22(51,52)24(55,56)26(59,60)28(63,64)30(67,68)32(72,73)74/h1-12H2. The molecule has 0 aliphatic heterocycles. The van der Waals surface area contributed by atoms with Gasteiger partial charge < -0.3 is 0 Å². The lowest BCUT2D eigenvalue weighted by Crippen LogP contribution is -2.76. The Morgan fingerprint density at radius 1 is 0.122 bits per heavy atom. The molecule has 74 heavy (non-hydrogen) atoms. The quantitative estimate of drug-likeness (QED) is 0.0517. The van der Waals surface area contributed by atoms with Gasteiger partial charge in [-0.15, -0.1) is 0 Å². The SMILES string of the molecule is FC(F)(F)C(F)(F)C(F)(F)C(F)(F)C(F)(F)C(F)(F)C(F)(F)C(F)(F)C(F)(F)C(F)(F)CCCCCCCCCCCCC(F)(F)C(F)(F)C(F)(F)C(F)(F)C(F)(F)C(F)(F)C(F)(F)C(F)(F)C(F)(F)C(F)(F)F. The fraction of sp³-hybridized carbons (Fsp3) is 1.00. The van der Waals surface area contributed by atoms with Gasteiger partial charge in [0.2, 0.25) is 0 Å². The van der Waals surface area contributed by atoms with Gasteiger partial charge in [0.05, 0.1) is 0 Å². The number of alkyl halides is 42. The fourth-order valence-corrected chi connectivity index (χ4v) is 5.60. The van der Waals surface area contributed by atoms with Gasteiger partial charge in [-0.2, -0.15) is 184 Å². The second kappa shape index (κ2) is 20.1. The van der Waals surface area contributed by atoms with Crippen LogP contribution in [0.15, 0.2) is 0 Å². The largest absolute Gasteiger partial charge is 0.460 e. The smallest absolute Gasteiger partial charge is 0.200 e. The maximum Gasteiger partial charge on any atom is 0.460 e. The number of hydrogen-bond acceptors (Lipinski definition) is 0. The van der Waals surface area contributed by atoms with Crippen LogP contribution in [-0.4, -0.2) is 119 Å². The number of halogens is 42. The van der Waals surface area contributed by atoms with Crippen molar-refractivity contribution in [2.45, 2.75) is 196 Å². The van der Waals surface area contributed by atoms with Gasteiger partial charge in [-0.1, -0.05) is 51.4 Å². The normalized spacial score (nSPS) is 16.6. The molecule has 0 spiro atoms. The Kier molecular flexibility index (Phi) is 19.3. The molecule has 0 saturated carbocycles. The summed E-state index contributed by atoms with van der Waals surface area (Å²) >= 11 is 0. The molecule has 0 fully saturated rings. The topological polar surface area (TPSA) is 0 Å². The number of rotatable bonds is 29. The molecule has 0 aliphatic rings. The Labute approximate surface area is 381 Å². The van der Waals surface area contributed by atoms with Crippen LogP contribution in [0.5, 0.6) is 0 Å². The van der Waals surface area contributed by atoms with E-state index in [9.17, 15) is 184 Å². The zero-order valence-electron chi connectivity index (χ0n) is 34.4. The van der Waals surface area contributed by atoms with Gasteiger partial charge in [0.25, 0.3) is 0 Å². The summed E-state index contributed by atoms with van der Waals surface area (Å²) < 4.78 is 567. The first-order valence-corrected chi connectivity index (χ1v) is 18.6. The molecule has 42 heteroatoms. The highest BCUT2D eigenvalue weighted by atomic mass is 19.5. The van der Waals surface area contributed by atoms with Gasteiger partial charge in [-0.3, -0.25) is 0 Å². The zero-order valence-corrected chi connectivity index (χ0v) is 34.4. The van der Waals surface area contributed by atoms with Crippen molar-refractivity contribution < 1.29 is 184 Å². The molecule has 0 heterocycles. The molecular weight excluding hydrogens is 1180 g/mol. The van der Waals surface area contributed by atoms with Crippen LogP contribution in [0.3, 0.4) is 0 Å². The molecule has 0 aromatic heterocycles. The van der Waals surface area contributed by atoms with E-state index in [1.54, 1.807) is 0 Å². The van der Waals surface area contributed by atoms with Crippen LogP contribution in [0.4, 0.5) is 184 Å². The van der Waals surface area contributed by atoms with Crippen LogP contribution in [0, 0.1) is 0 Å². The first-order chi connectivity index (χ1) is 31.7. The highest BCUT2D eigenvalue weighted by molar-refractivity contribution is 5.19. The van der Waals surface area contributed by atoms with Crippen molar-refractivity contribution >= 4 is 0 Å². The molecule has 0 rings (SSSR count). The highest BCUT2D eigenvalue weighted by Crippen LogP contribution is 2.69. The molecule has 0 aromatic rings. The second-order valence-corrected chi connectivity index (χ2v) is 15.6. The van der Waals surface area contributed by atoms with Crippen LogP contribution in [0.1, 0.15) is 77.0 Å². The third kappa shape index (κ3) is 10.3. The molecule has 0 unspecified atom stereocenters. The van der Waals surface area contributed by atoms with Gasteiger partial charge in [-0.25, -0.2) is 0 Å². The van der Waals surface area contributed by atoms with Gasteiger partial charge >= 0.3 is 119 Å². The Balaban J connectivity index is 5.68. The zero-order chi connectivity index (χ0) is 60.5. The van der Waals surface area contributed by atoms with Crippen molar-refractivity contribution in [3.05, 3.63) is 0 Å². The number of unbranched alkanes of at least 4 members (excludes halogenated alkanes) is 9. The third-order valence-corrected chi connectivity index (χ3v) is 10.4. The van der Waals surface area contributed by atoms with Gasteiger partial charge in [-0.05, 0) is 12.8 Å². The van der Waals surface area contributed by atoms with Crippen LogP contribution < -0.4 is 0 Å². The molecule has 446 valence electrons. The average Bonchev–Trinajstić information content (AvgIpc) is 3.18. The van der Waals surface area contributed by atoms with Gasteiger partial charge in [0.1, 0.15) is 0 Å². The van der Waals surface area contributed by atoms with E-state index >= 15 is 0 Å². The minimum Gasteiger partial charge on any atom is -0.200 e. The third-order valence-electron chi connectivity index (χ3n) is 10.4. The Hall–Kier alpha value is -2.94. The lowest BCUT2D eigenvalue weighted by molar-refractivity contribution is -0.474. The van der Waals surface area contributed by atoms with E-state index < -0.39 is 183 Å². The molecule has 0 saturated heterocycles. The summed E-state index contributed by atoms with van der Waals surface area (Å²) in [6, 6.07) is 0. The van der Waals surface area contributed by atoms with Crippen LogP contribution in [0.2, 0.25) is 0 Å². The summed E-state index contributed by atoms with van der Waals surface area (Å²) in [6.45, 7) is 0. The van der Waals surface area contributed by atoms with Gasteiger partial charge in [0, 0.05) is 12.8 Å². The van der Waals surface area contributed by atoms with Crippen LogP contribution >= 0.6 is 0 Å². The maximum atomic E-state index is 14.1. The second-order valence-electron chi connectivity index (χ2n) is 15.6. The minimum absolute atomic E-state index is 0.314. The summed E-state index contributed by atoms with van der Waals surface area (Å²) in [6.07, 6.45) is -30.1. The van der Waals surface area contributed by atoms with Crippen molar-refractivity contribution in [3.8, 4) is 0 Å². The molecule has 0 bridgehead atoms. The Morgan fingerprint density at radius 3 is 0.365 bits per heavy atom. The van der Waals surface area contributed by atoms with E-state index in [4.69, 9.17) is 0 Å². The van der Waals surface area contributed by atoms with Crippen molar-refractivity contribution in [2.75, 3.05) is 0 Å². The van der Waals surface area contributed by atoms with E-state index in [0.717, 1.165) is 0 Å². The summed E-state index contributed by atoms with van der Waals surface area (Å²) in [7, 11) is 0. The summed E-state index contributed by atoms with van der Waals surface area (Å²) in [5.41, 5.74) is 0. The Morgan fingerprint density at radius 2 is 0.230 bits per heavy atom. The van der Waals surface area contributed by atoms with Crippen molar-refractivity contribution in [1.29, 1.82) is 0 Å². The molecule has 0 aliphatic carbocycles. The molecule has 0 nitrogen and oxygen atoms in total. The predicted octanol–water partition coefficient (Wildman–Crippen LogP) is 18.2. The van der Waals surface area contributed by atoms with Crippen molar-refractivity contribution in [1.82, 2.24) is 0 Å². The lowest BCUT2D eigenvalue weighted by atomic mass is 9.85. The first kappa shape index (κ1) is 71.1. The highest BCUT2D eigenvalue weighted by Gasteiger charge is 3.00. The molecule has 0 N–H and O–H groups in total. The molecule has 0 atom stereocenters. The maximum absolute atomic E-state index is 14.1. The van der Waals surface area contributed by atoms with E-state index in [0.29, 0.717) is 0 Å². The summed E-state index contributed by atoms with van der Waals surface area (Å²) in [5, 5.41) is 0. The molecule has 0 aromatic carbocycles. The lowest BCUT2D eigenvalue weighted by Gasteiger charge is -2.44. The fourth-order valence-electron chi connectivity index (χ4n) is 5.60.